The molecule has 1 aliphatic rings. The van der Waals surface area contributed by atoms with Crippen LogP contribution in [0.4, 0.5) is 5.69 Å². The molecule has 1 aromatic carbocycles. The molecule has 2 aromatic rings. The second kappa shape index (κ2) is 10.8. The Kier molecular flexibility index (Phi) is 8.33. The number of rotatable bonds is 5. The maximum atomic E-state index is 13.2. The number of ether oxygens (including phenoxy) is 2. The minimum absolute atomic E-state index is 0.0143. The van der Waals surface area contributed by atoms with Crippen LogP contribution in [0.15, 0.2) is 29.8 Å². The van der Waals surface area contributed by atoms with Crippen molar-refractivity contribution in [2.24, 2.45) is 5.92 Å². The number of nitrogens with zero attached hydrogens (tertiary/aromatic N) is 3. The number of hydrogen-bond acceptors (Lipinski definition) is 8. The molecule has 0 fully saturated rings. The molecule has 0 radical (unpaired) electrons. The summed E-state index contributed by atoms with van der Waals surface area (Å²) in [5.41, 5.74) is 0.716. The zero-order chi connectivity index (χ0) is 24.2. The molecule has 33 heavy (non-hydrogen) atoms. The van der Waals surface area contributed by atoms with E-state index in [1.54, 1.807) is 54.8 Å². The average molecular weight is 497 g/mol. The maximum absolute atomic E-state index is 13.2. The van der Waals surface area contributed by atoms with Crippen LogP contribution < -0.4 is 9.46 Å². The van der Waals surface area contributed by atoms with Crippen molar-refractivity contribution in [3.63, 3.8) is 0 Å². The van der Waals surface area contributed by atoms with Gasteiger partial charge in [-0.1, -0.05) is 6.92 Å². The minimum Gasteiger partial charge on any atom is -0.491 e. The Balaban J connectivity index is 1.96. The molecule has 0 saturated carbocycles. The fourth-order valence-corrected chi connectivity index (χ4v) is 5.05. The van der Waals surface area contributed by atoms with Crippen molar-refractivity contribution in [1.29, 1.82) is 0 Å². The summed E-state index contributed by atoms with van der Waals surface area (Å²) in [7, 11) is -0.0667. The number of sulfonamides is 1. The summed E-state index contributed by atoms with van der Waals surface area (Å²) in [4.78, 5) is 21.6. The topological polar surface area (TPSA) is 101 Å². The van der Waals surface area contributed by atoms with E-state index in [4.69, 9.17) is 9.47 Å². The number of hydrogen-bond donors (Lipinski definition) is 1. The van der Waals surface area contributed by atoms with Crippen molar-refractivity contribution in [3.8, 4) is 5.75 Å². The van der Waals surface area contributed by atoms with Gasteiger partial charge in [-0.15, -0.1) is 11.3 Å². The first-order chi connectivity index (χ1) is 15.6. The van der Waals surface area contributed by atoms with Gasteiger partial charge in [0.25, 0.3) is 5.91 Å². The highest BCUT2D eigenvalue weighted by atomic mass is 32.2. The SMILES string of the molecule is CO[C@H]1CN(C)C(=O)c2ccc(NS(C)(=O)=O)cc2OC[C@@H](C)N(Cc2nccs2)C[C@@H]1C. The standard InChI is InChI=1S/C22H32N4O5S2/c1-15-11-26(13-21-23-8-9-32-21)16(2)14-31-19-10-17(24-33(5,28)29)6-7-18(19)22(27)25(3)12-20(15)30-4/h6-10,15-16,20,24H,11-14H2,1-5H3/t15-,16+,20-/m0/s1. The van der Waals surface area contributed by atoms with Crippen molar-refractivity contribution in [2.75, 3.05) is 44.8 Å². The van der Waals surface area contributed by atoms with Crippen LogP contribution in [-0.2, 0) is 21.3 Å². The molecule has 1 amide bonds. The lowest BCUT2D eigenvalue weighted by molar-refractivity contribution is 0.00921. The Morgan fingerprint density at radius 1 is 1.30 bits per heavy atom. The summed E-state index contributed by atoms with van der Waals surface area (Å²) in [5.74, 6) is 0.287. The number of likely N-dealkylation sites (N-methyl/N-ethyl adjacent to an activating group) is 1. The molecule has 9 nitrogen and oxygen atoms in total. The van der Waals surface area contributed by atoms with E-state index in [9.17, 15) is 13.2 Å². The number of amides is 1. The van der Waals surface area contributed by atoms with Crippen LogP contribution in [0.2, 0.25) is 0 Å². The van der Waals surface area contributed by atoms with E-state index in [1.165, 1.54) is 0 Å². The summed E-state index contributed by atoms with van der Waals surface area (Å²) in [5, 5.41) is 2.98. The van der Waals surface area contributed by atoms with Crippen LogP contribution in [0.25, 0.3) is 0 Å². The Morgan fingerprint density at radius 3 is 2.70 bits per heavy atom. The number of fused-ring (bicyclic) bond motifs is 1. The molecular weight excluding hydrogens is 464 g/mol. The molecule has 0 spiro atoms. The van der Waals surface area contributed by atoms with Crippen LogP contribution >= 0.6 is 11.3 Å². The fraction of sp³-hybridized carbons (Fsp3) is 0.545. The van der Waals surface area contributed by atoms with Gasteiger partial charge in [0.2, 0.25) is 10.0 Å². The fourth-order valence-electron chi connectivity index (χ4n) is 3.85. The Labute approximate surface area is 199 Å². The second-order valence-corrected chi connectivity index (χ2v) is 11.3. The monoisotopic (exact) mass is 496 g/mol. The third-order valence-corrected chi connectivity index (χ3v) is 7.07. The molecule has 11 heteroatoms. The zero-order valence-corrected chi connectivity index (χ0v) is 21.3. The number of aromatic nitrogens is 1. The van der Waals surface area contributed by atoms with Crippen LogP contribution in [0.1, 0.15) is 29.2 Å². The smallest absolute Gasteiger partial charge is 0.257 e. The van der Waals surface area contributed by atoms with Gasteiger partial charge in [0.1, 0.15) is 17.4 Å². The van der Waals surface area contributed by atoms with E-state index in [0.717, 1.165) is 17.8 Å². The lowest BCUT2D eigenvalue weighted by atomic mass is 10.0. The van der Waals surface area contributed by atoms with Crippen LogP contribution in [0.5, 0.6) is 5.75 Å². The molecular formula is C22H32N4O5S2. The van der Waals surface area contributed by atoms with Crippen LogP contribution in [0, 0.1) is 5.92 Å². The molecule has 0 bridgehead atoms. The summed E-state index contributed by atoms with van der Waals surface area (Å²) in [6.45, 7) is 6.35. The molecule has 0 aliphatic carbocycles. The van der Waals surface area contributed by atoms with Gasteiger partial charge in [0.15, 0.2) is 0 Å². The van der Waals surface area contributed by atoms with Crippen molar-refractivity contribution in [1.82, 2.24) is 14.8 Å². The normalized spacial score (nSPS) is 23.2. The quantitative estimate of drug-likeness (QED) is 0.679. The predicted octanol–water partition coefficient (Wildman–Crippen LogP) is 2.52. The minimum atomic E-state index is -3.46. The van der Waals surface area contributed by atoms with Crippen LogP contribution in [-0.4, -0.2) is 81.4 Å². The van der Waals surface area contributed by atoms with Gasteiger partial charge in [-0.2, -0.15) is 0 Å². The number of carbonyl (C=O) groups is 1. The van der Waals surface area contributed by atoms with E-state index >= 15 is 0 Å². The summed E-state index contributed by atoms with van der Waals surface area (Å²) < 4.78 is 37.7. The van der Waals surface area contributed by atoms with Gasteiger partial charge in [-0.05, 0) is 25.0 Å². The van der Waals surface area contributed by atoms with Gasteiger partial charge < -0.3 is 14.4 Å². The largest absolute Gasteiger partial charge is 0.491 e. The van der Waals surface area contributed by atoms with Crippen molar-refractivity contribution >= 4 is 33.0 Å². The molecule has 0 saturated heterocycles. The molecule has 1 aromatic heterocycles. The third kappa shape index (κ3) is 6.89. The first-order valence-corrected chi connectivity index (χ1v) is 13.5. The maximum Gasteiger partial charge on any atom is 0.257 e. The second-order valence-electron chi connectivity index (χ2n) is 8.54. The summed E-state index contributed by atoms with van der Waals surface area (Å²) in [6.07, 6.45) is 2.73. The van der Waals surface area contributed by atoms with Gasteiger partial charge in [-0.25, -0.2) is 13.4 Å². The molecule has 1 N–H and O–H groups in total. The zero-order valence-electron chi connectivity index (χ0n) is 19.6. The number of thiazole rings is 1. The highest BCUT2D eigenvalue weighted by Gasteiger charge is 2.28. The Bertz CT molecular complexity index is 1050. The van der Waals surface area contributed by atoms with Gasteiger partial charge in [0.05, 0.1) is 30.2 Å². The average Bonchev–Trinajstić information content (AvgIpc) is 3.26. The van der Waals surface area contributed by atoms with Crippen molar-refractivity contribution in [2.45, 2.75) is 32.5 Å². The van der Waals surface area contributed by atoms with Gasteiger partial charge in [-0.3, -0.25) is 14.4 Å². The van der Waals surface area contributed by atoms with E-state index < -0.39 is 10.0 Å². The van der Waals surface area contributed by atoms with Crippen molar-refractivity contribution < 1.29 is 22.7 Å². The molecule has 1 aliphatic heterocycles. The lowest BCUT2D eigenvalue weighted by Gasteiger charge is -2.35. The molecule has 3 rings (SSSR count). The van der Waals surface area contributed by atoms with E-state index in [-0.39, 0.29) is 24.0 Å². The molecule has 0 unspecified atom stereocenters. The first-order valence-electron chi connectivity index (χ1n) is 10.7. The number of benzene rings is 1. The molecule has 182 valence electrons. The Hall–Kier alpha value is -2.21. The predicted molar refractivity (Wildman–Crippen MR) is 129 cm³/mol. The Morgan fingerprint density at radius 2 is 2.06 bits per heavy atom. The van der Waals surface area contributed by atoms with E-state index in [1.807, 2.05) is 5.38 Å². The number of anilines is 1. The number of carbonyl (C=O) groups excluding carboxylic acids is 1. The first kappa shape index (κ1) is 25.4. The number of methoxy groups -OCH3 is 1. The van der Waals surface area contributed by atoms with Crippen LogP contribution in [0.3, 0.4) is 0 Å². The van der Waals surface area contributed by atoms with Gasteiger partial charge in [0, 0.05) is 50.9 Å². The highest BCUT2D eigenvalue weighted by molar-refractivity contribution is 7.92. The number of nitrogens with one attached hydrogen (secondary N) is 1. The molecule has 2 heterocycles. The summed E-state index contributed by atoms with van der Waals surface area (Å²) in [6, 6.07) is 4.73. The van der Waals surface area contributed by atoms with Crippen molar-refractivity contribution in [3.05, 3.63) is 40.3 Å². The third-order valence-electron chi connectivity index (χ3n) is 5.70. The highest BCUT2D eigenvalue weighted by Crippen LogP contribution is 2.27. The van der Waals surface area contributed by atoms with Gasteiger partial charge >= 0.3 is 0 Å². The summed E-state index contributed by atoms with van der Waals surface area (Å²) >= 11 is 1.61. The van der Waals surface area contributed by atoms with E-state index in [0.29, 0.717) is 36.7 Å². The van der Waals surface area contributed by atoms with E-state index in [2.05, 4.69) is 28.5 Å². The lowest BCUT2D eigenvalue weighted by Crippen LogP contribution is -2.46. The molecule has 3 atom stereocenters.